The molecule has 2 nitrogen and oxygen atoms in total. The summed E-state index contributed by atoms with van der Waals surface area (Å²) in [5.74, 6) is 0. The maximum atomic E-state index is 9.29. The van der Waals surface area contributed by atoms with Crippen LogP contribution in [0.4, 0.5) is 0 Å². The predicted octanol–water partition coefficient (Wildman–Crippen LogP) is 9.18. The van der Waals surface area contributed by atoms with Gasteiger partial charge < -0.3 is 48.5 Å². The summed E-state index contributed by atoms with van der Waals surface area (Å²) in [6.45, 7) is 18.2. The van der Waals surface area contributed by atoms with E-state index in [4.69, 9.17) is 0 Å². The molecular weight excluding hydrogens is 648 g/mol. The second kappa shape index (κ2) is 53.1. The maximum absolute atomic E-state index is 9.29. The molecule has 0 atom stereocenters. The van der Waals surface area contributed by atoms with E-state index in [-0.39, 0.29) is 58.4 Å². The molecule has 0 radical (unpaired) electrons. The summed E-state index contributed by atoms with van der Waals surface area (Å²) in [4.78, 5) is 18.6. The minimum Gasteiger partial charge on any atom is -0.850 e. The van der Waals surface area contributed by atoms with Crippen LogP contribution in [0.15, 0.2) is 0 Å². The zero-order chi connectivity index (χ0) is 25.3. The van der Waals surface area contributed by atoms with Crippen LogP contribution in [0, 0.1) is 20.8 Å². The summed E-state index contributed by atoms with van der Waals surface area (Å²) in [7, 11) is 0. The van der Waals surface area contributed by atoms with Crippen molar-refractivity contribution in [2.45, 2.75) is 156 Å². The smallest absolute Gasteiger partial charge is 0.850 e. The van der Waals surface area contributed by atoms with Crippen LogP contribution >= 0.6 is 5.69 Å². The summed E-state index contributed by atoms with van der Waals surface area (Å²) in [6.07, 6.45) is 28.3. The summed E-state index contributed by atoms with van der Waals surface area (Å²) in [5, 5.41) is 0. The molecule has 0 rings (SSSR count). The van der Waals surface area contributed by atoms with Crippen LogP contribution in [-0.4, -0.2) is 0 Å². The quantitative estimate of drug-likeness (QED) is 0.0470. The minimum absolute atomic E-state index is 0. The van der Waals surface area contributed by atoms with E-state index in [0.717, 1.165) is 19.3 Å². The van der Waals surface area contributed by atoms with Crippen molar-refractivity contribution in [3.05, 3.63) is 20.8 Å². The van der Waals surface area contributed by atoms with Gasteiger partial charge in [-0.15, -0.1) is 0 Å². The average Bonchev–Trinajstić information content (AvgIpc) is 2.73. The van der Waals surface area contributed by atoms with Crippen LogP contribution in [0.2, 0.25) is 0 Å². The Morgan fingerprint density at radius 3 is 0.771 bits per heavy atom. The van der Waals surface area contributed by atoms with Gasteiger partial charge >= 0.3 is 58.4 Å². The monoisotopic (exact) mass is 700 g/mol. The van der Waals surface area contributed by atoms with Crippen molar-refractivity contribution in [3.63, 3.8) is 0 Å². The van der Waals surface area contributed by atoms with Crippen LogP contribution in [-0.2, 0) is 82.5 Å². The zero-order valence-corrected chi connectivity index (χ0v) is 35.6. The number of hydrogen-bond donors (Lipinski definition) is 0. The summed E-state index contributed by atoms with van der Waals surface area (Å²) in [5.41, 5.74) is -3.72. The number of rotatable bonds is 18. The van der Waals surface area contributed by atoms with Gasteiger partial charge in [-0.05, 0) is 0 Å². The van der Waals surface area contributed by atoms with Crippen molar-refractivity contribution in [1.29, 1.82) is 0 Å². The van der Waals surface area contributed by atoms with Crippen LogP contribution < -0.4 is 9.79 Å². The molecule has 0 fully saturated rings. The topological polar surface area (TPSA) is 46.1 Å². The molecule has 0 aromatic heterocycles. The first kappa shape index (κ1) is 54.0. The van der Waals surface area contributed by atoms with Gasteiger partial charge in [-0.3, -0.25) is 0 Å². The average molecular weight is 705 g/mol. The molecule has 0 amide bonds. The van der Waals surface area contributed by atoms with Gasteiger partial charge in [0.25, 0.3) is 0 Å². The molecule has 0 bridgehead atoms. The van der Waals surface area contributed by atoms with E-state index >= 15 is 0 Å². The van der Waals surface area contributed by atoms with E-state index in [1.54, 1.807) is 0 Å². The Bertz CT molecular complexity index is 278. The fraction of sp³-hybridized carbons (Fsp3) is 0.889. The fourth-order valence-corrected chi connectivity index (χ4v) is 2.87. The van der Waals surface area contributed by atoms with Crippen molar-refractivity contribution in [2.75, 3.05) is 0 Å². The van der Waals surface area contributed by atoms with Gasteiger partial charge in [-0.1, -0.05) is 136 Å². The fourth-order valence-electron chi connectivity index (χ4n) is 2.87. The van der Waals surface area contributed by atoms with Gasteiger partial charge in [-0.25, -0.2) is 0 Å². The Labute approximate surface area is 272 Å². The summed E-state index contributed by atoms with van der Waals surface area (Å²) < 4.78 is 0. The maximum Gasteiger partial charge on any atom is 2.00 e. The Balaban J connectivity index is -0.0000000592. The molecule has 0 N–H and O–H groups in total. The van der Waals surface area contributed by atoms with E-state index < -0.39 is 5.69 Å². The normalized spacial score (nSPS) is 9.40. The standard InChI is InChI=1S/3C9H19.H3O2PS2.3Zn/c3*1-3-5-7-9-8-6-4-2;1-3(2,4)5;;;/h3*1,3-9H2,2H3;(H3,1,2,4,5);;;/q3*-1;;3*+2/p-3. The Morgan fingerprint density at radius 2 is 0.629 bits per heavy atom. The predicted molar refractivity (Wildman–Crippen MR) is 152 cm³/mol. The molecule has 0 aromatic carbocycles. The minimum atomic E-state index is -3.72. The Kier molecular flexibility index (Phi) is 81.9. The number of unbranched alkanes of at least 4 members (excludes halogenated alkanes) is 18. The van der Waals surface area contributed by atoms with Crippen molar-refractivity contribution in [3.8, 4) is 0 Å². The van der Waals surface area contributed by atoms with E-state index in [0.29, 0.717) is 0 Å². The van der Waals surface area contributed by atoms with Gasteiger partial charge in [0.05, 0.1) is 0 Å². The van der Waals surface area contributed by atoms with E-state index in [2.05, 4.69) is 65.6 Å². The number of hydrogen-bond acceptors (Lipinski definition) is 4. The van der Waals surface area contributed by atoms with Gasteiger partial charge in [0.2, 0.25) is 0 Å². The Morgan fingerprint density at radius 1 is 0.486 bits per heavy atom. The molecule has 0 unspecified atom stereocenters. The van der Waals surface area contributed by atoms with E-state index in [9.17, 15) is 9.79 Å². The zero-order valence-electron chi connectivity index (χ0n) is 24.2. The van der Waals surface area contributed by atoms with E-state index in [1.807, 2.05) is 0 Å². The molecule has 0 aliphatic rings. The first-order valence-electron chi connectivity index (χ1n) is 13.4. The molecule has 200 valence electrons. The third-order valence-corrected chi connectivity index (χ3v) is 4.81. The van der Waals surface area contributed by atoms with Crippen LogP contribution in [0.1, 0.15) is 156 Å². The first-order valence-corrected chi connectivity index (χ1v) is 17.0. The van der Waals surface area contributed by atoms with Gasteiger partial charge in [0.15, 0.2) is 0 Å². The van der Waals surface area contributed by atoms with Gasteiger partial charge in [-0.2, -0.15) is 31.1 Å². The molecule has 0 saturated heterocycles. The largest absolute Gasteiger partial charge is 2.00 e. The SMILES string of the molecule is [CH2-]CCCCCCCC.[CH2-]CCCCCCCC.[CH2-]CCCCCCCC.[O-]P([O-])(=S)[S-].[Zn+2].[Zn+2].[Zn+2]. The molecule has 8 heteroatoms. The molecule has 35 heavy (non-hydrogen) atoms. The van der Waals surface area contributed by atoms with Crippen LogP contribution in [0.5, 0.6) is 0 Å². The van der Waals surface area contributed by atoms with Crippen LogP contribution in [0.25, 0.3) is 0 Å². The molecule has 0 aliphatic heterocycles. The van der Waals surface area contributed by atoms with Crippen molar-refractivity contribution in [2.24, 2.45) is 0 Å². The summed E-state index contributed by atoms with van der Waals surface area (Å²) in [6, 6.07) is 0. The molecule has 0 aliphatic carbocycles. The second-order valence-corrected chi connectivity index (χ2v) is 12.8. The van der Waals surface area contributed by atoms with E-state index in [1.165, 1.54) is 116 Å². The first-order chi connectivity index (χ1) is 15.2. The van der Waals surface area contributed by atoms with Crippen molar-refractivity contribution >= 4 is 29.7 Å². The van der Waals surface area contributed by atoms with Crippen LogP contribution in [0.3, 0.4) is 0 Å². The third kappa shape index (κ3) is 103. The molecular formula is C27H57O2PS2Zn3. The third-order valence-electron chi connectivity index (χ3n) is 4.81. The van der Waals surface area contributed by atoms with Gasteiger partial charge in [0, 0.05) is 0 Å². The van der Waals surface area contributed by atoms with Gasteiger partial charge in [0.1, 0.15) is 0 Å². The molecule has 0 aromatic rings. The molecule has 0 heterocycles. The second-order valence-electron chi connectivity index (χ2n) is 8.31. The van der Waals surface area contributed by atoms with Crippen molar-refractivity contribution < 1.29 is 68.2 Å². The molecule has 0 spiro atoms. The summed E-state index contributed by atoms with van der Waals surface area (Å²) >= 11 is 7.28. The van der Waals surface area contributed by atoms with Crippen molar-refractivity contribution in [1.82, 2.24) is 0 Å². The molecule has 0 saturated carbocycles. The Hall–Kier alpha value is 2.79.